The average Bonchev–Trinajstić information content (AvgIpc) is 4.11. The van der Waals surface area contributed by atoms with E-state index in [2.05, 4.69) is 244 Å². The van der Waals surface area contributed by atoms with Crippen LogP contribution in [0.3, 0.4) is 0 Å². The van der Waals surface area contributed by atoms with Crippen LogP contribution < -0.4 is 14.5 Å². The normalized spacial score (nSPS) is 13.9. The minimum Gasteiger partial charge on any atom is -0.517 e. The summed E-state index contributed by atoms with van der Waals surface area (Å²) in [5.41, 5.74) is 15.8. The van der Waals surface area contributed by atoms with Crippen LogP contribution in [0, 0.1) is 25.7 Å². The first-order valence-electron chi connectivity index (χ1n) is 27.8. The zero-order chi connectivity index (χ0) is 54.8. The second-order valence-corrected chi connectivity index (χ2v) is 24.4. The van der Waals surface area contributed by atoms with Crippen molar-refractivity contribution >= 4 is 38.9 Å². The summed E-state index contributed by atoms with van der Waals surface area (Å²) < 4.78 is 35.7. The van der Waals surface area contributed by atoms with E-state index in [0.29, 0.717) is 30.9 Å². The Labute approximate surface area is 466 Å². The molecule has 0 radical (unpaired) electrons. The summed E-state index contributed by atoms with van der Waals surface area (Å²) in [6, 6.07) is 58.8. The molecule has 388 valence electrons. The second kappa shape index (κ2) is 20.6. The van der Waals surface area contributed by atoms with Crippen LogP contribution in [-0.4, -0.2) is 16.1 Å². The third-order valence-electron chi connectivity index (χ3n) is 14.7. The molecule has 7 aromatic carbocycles. The minimum atomic E-state index is -2.30. The Morgan fingerprint density at radius 1 is 0.587 bits per heavy atom. The van der Waals surface area contributed by atoms with Gasteiger partial charge in [-0.15, -0.1) is 28.8 Å². The van der Waals surface area contributed by atoms with Gasteiger partial charge in [-0.25, -0.2) is 4.98 Å². The summed E-state index contributed by atoms with van der Waals surface area (Å²) in [6.07, 6.45) is 3.20. The maximum absolute atomic E-state index is 8.97. The molecule has 2 aromatic heterocycles. The third-order valence-corrected chi connectivity index (χ3v) is 14.7. The van der Waals surface area contributed by atoms with Crippen molar-refractivity contribution in [1.29, 1.82) is 0 Å². The minimum absolute atomic E-state index is 0. The van der Waals surface area contributed by atoms with E-state index in [4.69, 9.17) is 13.8 Å². The van der Waals surface area contributed by atoms with Crippen molar-refractivity contribution in [3.8, 4) is 33.8 Å². The average molecular weight is 1170 g/mol. The molecule has 5 nitrogen and oxygen atoms in total. The van der Waals surface area contributed by atoms with Crippen LogP contribution in [0.4, 0.5) is 17.1 Å². The van der Waals surface area contributed by atoms with Crippen molar-refractivity contribution in [3.05, 3.63) is 210 Å². The number of pyridine rings is 1. The van der Waals surface area contributed by atoms with Crippen LogP contribution in [0.25, 0.3) is 49.9 Å². The van der Waals surface area contributed by atoms with E-state index >= 15 is 0 Å². The molecule has 9 aromatic rings. The van der Waals surface area contributed by atoms with Gasteiger partial charge in [0.15, 0.2) is 0 Å². The fourth-order valence-corrected chi connectivity index (χ4v) is 10.2. The number of anilines is 3. The summed E-state index contributed by atoms with van der Waals surface area (Å²) in [4.78, 5) is 9.40. The Bertz CT molecular complexity index is 3610. The summed E-state index contributed by atoms with van der Waals surface area (Å²) in [5, 5.41) is 2.22. The van der Waals surface area contributed by atoms with Crippen molar-refractivity contribution in [2.75, 3.05) is 16.3 Å². The Kier molecular flexibility index (Phi) is 13.6. The molecule has 0 N–H and O–H groups in total. The van der Waals surface area contributed by atoms with Gasteiger partial charge in [0.1, 0.15) is 5.82 Å². The van der Waals surface area contributed by atoms with Crippen LogP contribution in [0.15, 0.2) is 152 Å². The van der Waals surface area contributed by atoms with Crippen molar-refractivity contribution in [1.82, 2.24) is 9.55 Å². The molecule has 0 fully saturated rings. The Morgan fingerprint density at radius 3 is 1.99 bits per heavy atom. The van der Waals surface area contributed by atoms with Gasteiger partial charge in [0.05, 0.1) is 6.61 Å². The number of para-hydroxylation sites is 1. The Hall–Kier alpha value is -6.42. The molecule has 0 saturated carbocycles. The molecule has 0 saturated heterocycles. The molecule has 1 aliphatic rings. The number of hydrogen-bond donors (Lipinski definition) is 0. The quantitative estimate of drug-likeness (QED) is 0.121. The van der Waals surface area contributed by atoms with Gasteiger partial charge >= 0.3 is 0 Å². The van der Waals surface area contributed by atoms with Crippen LogP contribution in [0.1, 0.15) is 133 Å². The van der Waals surface area contributed by atoms with E-state index in [1.165, 1.54) is 16.7 Å². The summed E-state index contributed by atoms with van der Waals surface area (Å²) >= 11 is 0. The van der Waals surface area contributed by atoms with E-state index in [1.807, 2.05) is 24.4 Å². The molecule has 6 heteroatoms. The Morgan fingerprint density at radius 2 is 1.28 bits per heavy atom. The number of fused-ring (bicyclic) bond motifs is 4. The SMILES string of the molecule is [2H]C([2H])([2H])c1cc(C(C)(C)C)cc(-c2cc(C(C)(C)C)cc(C(C)(C)C)c2)c1CCCN1[CH-]N(c2[c-]c(COc3[c-]c4c(cc3)c3ccccc3n4-c3cc(C(C)(C)C)ccn3)ccc2)c2cc(-c3ccccc3)ccc21.[Pt]. The van der Waals surface area contributed by atoms with E-state index in [0.717, 1.165) is 90.1 Å². The molecule has 0 unspecified atom stereocenters. The first-order valence-corrected chi connectivity index (χ1v) is 26.3. The smallest absolute Gasteiger partial charge is 0.135 e. The fourth-order valence-electron chi connectivity index (χ4n) is 10.2. The largest absolute Gasteiger partial charge is 0.517 e. The number of ether oxygens (including phenoxy) is 1. The number of aromatic nitrogens is 2. The van der Waals surface area contributed by atoms with Gasteiger partial charge in [0, 0.05) is 54.0 Å². The predicted octanol–water partition coefficient (Wildman–Crippen LogP) is 17.9. The monoisotopic (exact) mass is 1170 g/mol. The first kappa shape index (κ1) is 49.5. The van der Waals surface area contributed by atoms with Crippen LogP contribution >= 0.6 is 0 Å². The summed E-state index contributed by atoms with van der Waals surface area (Å²) in [6.45, 7) is 27.5. The van der Waals surface area contributed by atoms with E-state index in [9.17, 15) is 0 Å². The number of aryl methyl sites for hydroxylation is 1. The van der Waals surface area contributed by atoms with Crippen LogP contribution in [0.5, 0.6) is 5.75 Å². The number of nitrogens with zero attached hydrogens (tertiary/aromatic N) is 4. The molecular weight excluding hydrogens is 1100 g/mol. The third kappa shape index (κ3) is 11.1. The van der Waals surface area contributed by atoms with Gasteiger partial charge < -0.3 is 19.1 Å². The summed E-state index contributed by atoms with van der Waals surface area (Å²) in [7, 11) is 0. The molecule has 3 heterocycles. The van der Waals surface area contributed by atoms with Gasteiger partial charge in [0.25, 0.3) is 0 Å². The van der Waals surface area contributed by atoms with Crippen molar-refractivity contribution in [3.63, 3.8) is 0 Å². The van der Waals surface area contributed by atoms with E-state index in [1.54, 1.807) is 0 Å². The number of benzene rings is 7. The zero-order valence-electron chi connectivity index (χ0n) is 48.9. The molecule has 0 bridgehead atoms. The number of hydrogen-bond acceptors (Lipinski definition) is 4. The van der Waals surface area contributed by atoms with Gasteiger partial charge in [-0.3, -0.25) is 0 Å². The number of rotatable bonds is 11. The predicted molar refractivity (Wildman–Crippen MR) is 312 cm³/mol. The molecule has 10 rings (SSSR count). The summed E-state index contributed by atoms with van der Waals surface area (Å²) in [5.74, 6) is 1.49. The Balaban J connectivity index is 0.00000740. The first-order chi connectivity index (χ1) is 36.3. The molecule has 75 heavy (non-hydrogen) atoms. The zero-order valence-corrected chi connectivity index (χ0v) is 48.1. The molecule has 0 amide bonds. The molecule has 0 aliphatic carbocycles. The topological polar surface area (TPSA) is 33.5 Å². The van der Waals surface area contributed by atoms with Gasteiger partial charge in [-0.1, -0.05) is 174 Å². The van der Waals surface area contributed by atoms with Gasteiger partial charge in [-0.2, -0.15) is 37.0 Å². The van der Waals surface area contributed by atoms with E-state index in [-0.39, 0.29) is 42.7 Å². The second-order valence-electron chi connectivity index (χ2n) is 24.4. The van der Waals surface area contributed by atoms with Crippen molar-refractivity contribution in [2.45, 2.75) is 131 Å². The van der Waals surface area contributed by atoms with Gasteiger partial charge in [-0.05, 0) is 139 Å². The maximum atomic E-state index is 8.97. The van der Waals surface area contributed by atoms with Crippen molar-refractivity contribution in [2.24, 2.45) is 0 Å². The fraction of sp³-hybridized carbons (Fsp3) is 0.304. The van der Waals surface area contributed by atoms with Gasteiger partial charge in [0.2, 0.25) is 0 Å². The van der Waals surface area contributed by atoms with E-state index < -0.39 is 6.85 Å². The molecular formula is C69H73N4OPt-3. The maximum Gasteiger partial charge on any atom is 0.135 e. The molecule has 0 atom stereocenters. The molecule has 0 spiro atoms. The van der Waals surface area contributed by atoms with Crippen molar-refractivity contribution < 1.29 is 29.9 Å². The van der Waals surface area contributed by atoms with Crippen LogP contribution in [-0.2, 0) is 55.8 Å². The van der Waals surface area contributed by atoms with Crippen LogP contribution in [0.2, 0.25) is 0 Å². The molecule has 1 aliphatic heterocycles. The standard InChI is InChI=1S/C69H73N4O.Pt/c1-46-35-52(67(5,6)7)41-60(50-37-53(68(8,9)10)40-54(38-50)69(11,12)13)57(46)26-20-34-71-45-72(64-39-49(28-31-62(64)71)48-22-15-14-16-23-48)55-24-19-21-47(36-55)44-74-56-29-30-59-58-25-17-18-27-61(58)73(63(59)43-56)65-42-51(32-33-70-65)66(2,3)4;/h14-19,21-25,27-33,35,37-42,45H,20,26,34,44H2,1-13H3;/q-3;/i1D3;.